The van der Waals surface area contributed by atoms with E-state index in [0.717, 1.165) is 29.3 Å². The number of nitrogens with one attached hydrogen (secondary N) is 1. The molecular formula is C17H23N3. The predicted molar refractivity (Wildman–Crippen MR) is 85.1 cm³/mol. The number of hydrogen-bond donors (Lipinski definition) is 1. The van der Waals surface area contributed by atoms with Crippen LogP contribution < -0.4 is 5.32 Å². The summed E-state index contributed by atoms with van der Waals surface area (Å²) in [6.07, 6.45) is 1.05. The molecule has 1 N–H and O–H groups in total. The van der Waals surface area contributed by atoms with Crippen LogP contribution in [-0.2, 0) is 11.8 Å². The minimum absolute atomic E-state index is 0.00660. The van der Waals surface area contributed by atoms with Crippen LogP contribution in [-0.4, -0.2) is 17.0 Å². The Morgan fingerprint density at radius 1 is 1.05 bits per heavy atom. The lowest BCUT2D eigenvalue weighted by Crippen LogP contribution is -2.15. The largest absolute Gasteiger partial charge is 0.373 e. The molecule has 3 heteroatoms. The molecule has 3 nitrogen and oxygen atoms in total. The molecule has 20 heavy (non-hydrogen) atoms. The lowest BCUT2D eigenvalue weighted by molar-refractivity contribution is 0.568. The molecule has 0 unspecified atom stereocenters. The molecule has 0 radical (unpaired) electrons. The minimum Gasteiger partial charge on any atom is -0.373 e. The van der Waals surface area contributed by atoms with Gasteiger partial charge in [0.1, 0.15) is 5.82 Å². The first-order valence-corrected chi connectivity index (χ1v) is 7.10. The molecule has 0 spiro atoms. The lowest BCUT2D eigenvalue weighted by Gasteiger charge is -2.19. The van der Waals surface area contributed by atoms with E-state index in [2.05, 4.69) is 62.3 Å². The van der Waals surface area contributed by atoms with E-state index in [4.69, 9.17) is 4.98 Å². The number of hydrogen-bond acceptors (Lipinski definition) is 3. The van der Waals surface area contributed by atoms with Crippen LogP contribution >= 0.6 is 0 Å². The summed E-state index contributed by atoms with van der Waals surface area (Å²) in [5.41, 5.74) is 3.44. The van der Waals surface area contributed by atoms with Crippen LogP contribution in [0, 0.1) is 0 Å². The van der Waals surface area contributed by atoms with Gasteiger partial charge in [0.05, 0.1) is 5.69 Å². The summed E-state index contributed by atoms with van der Waals surface area (Å²) in [5, 5.41) is 3.12. The molecule has 0 saturated carbocycles. The number of benzene rings is 1. The summed E-state index contributed by atoms with van der Waals surface area (Å²) in [6, 6.07) is 10.5. The van der Waals surface area contributed by atoms with Crippen LogP contribution in [0.25, 0.3) is 11.4 Å². The highest BCUT2D eigenvalue weighted by atomic mass is 15.0. The van der Waals surface area contributed by atoms with Gasteiger partial charge < -0.3 is 5.32 Å². The van der Waals surface area contributed by atoms with Gasteiger partial charge in [-0.3, -0.25) is 0 Å². The van der Waals surface area contributed by atoms with Crippen molar-refractivity contribution < 1.29 is 0 Å². The van der Waals surface area contributed by atoms with E-state index in [-0.39, 0.29) is 5.41 Å². The van der Waals surface area contributed by atoms with Crippen LogP contribution in [0.3, 0.4) is 0 Å². The number of rotatable bonds is 3. The fourth-order valence-electron chi connectivity index (χ4n) is 1.98. The third-order valence-corrected chi connectivity index (χ3v) is 3.37. The lowest BCUT2D eigenvalue weighted by atomic mass is 9.91. The molecule has 106 valence electrons. The van der Waals surface area contributed by atoms with Crippen molar-refractivity contribution in [2.24, 2.45) is 0 Å². The summed E-state index contributed by atoms with van der Waals surface area (Å²) < 4.78 is 0. The van der Waals surface area contributed by atoms with Crippen molar-refractivity contribution in [3.05, 3.63) is 41.6 Å². The van der Waals surface area contributed by atoms with Crippen LogP contribution in [0.1, 0.15) is 39.0 Å². The second-order valence-electron chi connectivity index (χ2n) is 6.01. The van der Waals surface area contributed by atoms with Crippen molar-refractivity contribution in [3.63, 3.8) is 0 Å². The molecular weight excluding hydrogens is 246 g/mol. The van der Waals surface area contributed by atoms with E-state index in [0.29, 0.717) is 0 Å². The second-order valence-corrected chi connectivity index (χ2v) is 6.01. The molecule has 2 aromatic rings. The van der Waals surface area contributed by atoms with Crippen LogP contribution in [0.5, 0.6) is 0 Å². The third-order valence-electron chi connectivity index (χ3n) is 3.37. The molecule has 1 aromatic carbocycles. The van der Waals surface area contributed by atoms with Crippen LogP contribution in [0.15, 0.2) is 30.3 Å². The summed E-state index contributed by atoms with van der Waals surface area (Å²) in [6.45, 7) is 8.65. The van der Waals surface area contributed by atoms with Crippen LogP contribution in [0.2, 0.25) is 0 Å². The van der Waals surface area contributed by atoms with Crippen LogP contribution in [0.4, 0.5) is 5.82 Å². The molecule has 0 atom stereocenters. The second kappa shape index (κ2) is 5.61. The molecule has 0 bridgehead atoms. The van der Waals surface area contributed by atoms with Crippen molar-refractivity contribution >= 4 is 5.82 Å². The minimum atomic E-state index is 0.00660. The van der Waals surface area contributed by atoms with Gasteiger partial charge >= 0.3 is 0 Å². The molecule has 0 aliphatic carbocycles. The van der Waals surface area contributed by atoms with Crippen molar-refractivity contribution in [1.29, 1.82) is 0 Å². The SMILES string of the molecule is CCc1ccc(-c2nc(NC)cc(C(C)(C)C)n2)cc1. The first-order valence-electron chi connectivity index (χ1n) is 7.10. The third kappa shape index (κ3) is 3.16. The van der Waals surface area contributed by atoms with E-state index in [9.17, 15) is 0 Å². The molecule has 0 aliphatic rings. The average molecular weight is 269 g/mol. The Balaban J connectivity index is 2.49. The zero-order valence-electron chi connectivity index (χ0n) is 13.0. The molecule has 0 aliphatic heterocycles. The standard InChI is InChI=1S/C17H23N3/c1-6-12-7-9-13(10-8-12)16-19-14(17(2,3)4)11-15(18-5)20-16/h7-11H,6H2,1-5H3,(H,18,19,20). The fraction of sp³-hybridized carbons (Fsp3) is 0.412. The molecule has 1 aromatic heterocycles. The normalized spacial score (nSPS) is 11.4. The van der Waals surface area contributed by atoms with E-state index >= 15 is 0 Å². The van der Waals surface area contributed by atoms with Gasteiger partial charge in [-0.1, -0.05) is 52.0 Å². The van der Waals surface area contributed by atoms with Crippen molar-refractivity contribution in [1.82, 2.24) is 9.97 Å². The maximum absolute atomic E-state index is 4.73. The Kier molecular flexibility index (Phi) is 4.07. The molecule has 0 fully saturated rings. The maximum Gasteiger partial charge on any atom is 0.161 e. The summed E-state index contributed by atoms with van der Waals surface area (Å²) in [4.78, 5) is 9.30. The highest BCUT2D eigenvalue weighted by Crippen LogP contribution is 2.25. The highest BCUT2D eigenvalue weighted by molar-refractivity contribution is 5.58. The smallest absolute Gasteiger partial charge is 0.161 e. The topological polar surface area (TPSA) is 37.8 Å². The molecule has 0 saturated heterocycles. The van der Waals surface area contributed by atoms with E-state index in [1.165, 1.54) is 5.56 Å². The summed E-state index contributed by atoms with van der Waals surface area (Å²) >= 11 is 0. The van der Waals surface area contributed by atoms with Gasteiger partial charge in [0, 0.05) is 24.1 Å². The molecule has 0 amide bonds. The monoisotopic (exact) mass is 269 g/mol. The first-order chi connectivity index (χ1) is 9.44. The van der Waals surface area contributed by atoms with Crippen molar-refractivity contribution in [3.8, 4) is 11.4 Å². The van der Waals surface area contributed by atoms with Gasteiger partial charge in [-0.15, -0.1) is 0 Å². The predicted octanol–water partition coefficient (Wildman–Crippen LogP) is 4.05. The zero-order valence-corrected chi connectivity index (χ0v) is 13.0. The number of nitrogens with zero attached hydrogens (tertiary/aromatic N) is 2. The van der Waals surface area contributed by atoms with Gasteiger partial charge in [-0.05, 0) is 12.0 Å². The molecule has 2 rings (SSSR count). The van der Waals surface area contributed by atoms with Crippen molar-refractivity contribution in [2.75, 3.05) is 12.4 Å². The Hall–Kier alpha value is -1.90. The van der Waals surface area contributed by atoms with Gasteiger partial charge in [0.25, 0.3) is 0 Å². The van der Waals surface area contributed by atoms with Gasteiger partial charge in [-0.25, -0.2) is 9.97 Å². The average Bonchev–Trinajstić information content (AvgIpc) is 2.46. The summed E-state index contributed by atoms with van der Waals surface area (Å²) in [7, 11) is 1.89. The van der Waals surface area contributed by atoms with Crippen molar-refractivity contribution in [2.45, 2.75) is 39.5 Å². The zero-order chi connectivity index (χ0) is 14.8. The van der Waals surface area contributed by atoms with Gasteiger partial charge in [0.2, 0.25) is 0 Å². The van der Waals surface area contributed by atoms with E-state index in [1.807, 2.05) is 13.1 Å². The Bertz CT molecular complexity index is 580. The van der Waals surface area contributed by atoms with Gasteiger partial charge in [-0.2, -0.15) is 0 Å². The maximum atomic E-state index is 4.73. The van der Waals surface area contributed by atoms with E-state index in [1.54, 1.807) is 0 Å². The Morgan fingerprint density at radius 2 is 1.70 bits per heavy atom. The molecule has 1 heterocycles. The quantitative estimate of drug-likeness (QED) is 0.913. The van der Waals surface area contributed by atoms with E-state index < -0.39 is 0 Å². The number of aryl methyl sites for hydroxylation is 1. The fourth-order valence-corrected chi connectivity index (χ4v) is 1.98. The number of anilines is 1. The Labute approximate surface area is 121 Å². The Morgan fingerprint density at radius 3 is 2.20 bits per heavy atom. The summed E-state index contributed by atoms with van der Waals surface area (Å²) in [5.74, 6) is 1.64. The first kappa shape index (κ1) is 14.5. The van der Waals surface area contributed by atoms with Gasteiger partial charge in [0.15, 0.2) is 5.82 Å². The number of aromatic nitrogens is 2. The highest BCUT2D eigenvalue weighted by Gasteiger charge is 2.18.